The largest absolute Gasteiger partial charge is 0.502 e. The molecular weight excluding hydrogens is 404 g/mol. The summed E-state index contributed by atoms with van der Waals surface area (Å²) in [6, 6.07) is 9.38. The van der Waals surface area contributed by atoms with Gasteiger partial charge in [-0.15, -0.1) is 0 Å². The van der Waals surface area contributed by atoms with E-state index >= 15 is 0 Å². The van der Waals surface area contributed by atoms with Crippen LogP contribution in [0.1, 0.15) is 31.9 Å². The van der Waals surface area contributed by atoms with Crippen molar-refractivity contribution in [3.05, 3.63) is 67.6 Å². The van der Waals surface area contributed by atoms with E-state index in [0.717, 1.165) is 12.1 Å². The quantitative estimate of drug-likeness (QED) is 0.438. The number of hydrogen-bond acceptors (Lipinski definition) is 6. The van der Waals surface area contributed by atoms with Gasteiger partial charge in [-0.1, -0.05) is 32.4 Å². The highest BCUT2D eigenvalue weighted by Gasteiger charge is 2.27. The second-order valence-corrected chi connectivity index (χ2v) is 9.38. The zero-order valence-electron chi connectivity index (χ0n) is 15.3. The molecule has 0 aromatic heterocycles. The molecule has 0 unspecified atom stereocenters. The number of nitriles is 1. The van der Waals surface area contributed by atoms with Crippen molar-refractivity contribution in [2.75, 3.05) is 0 Å². The summed E-state index contributed by atoms with van der Waals surface area (Å²) >= 11 is 5.76. The lowest BCUT2D eigenvalue weighted by atomic mass is 9.85. The van der Waals surface area contributed by atoms with E-state index in [1.54, 1.807) is 26.8 Å². The zero-order chi connectivity index (χ0) is 21.3. The van der Waals surface area contributed by atoms with E-state index in [1.807, 2.05) is 0 Å². The normalized spacial score (nSPS) is 12.5. The van der Waals surface area contributed by atoms with Crippen LogP contribution in [0.2, 0.25) is 5.02 Å². The monoisotopic (exact) mass is 420 g/mol. The van der Waals surface area contributed by atoms with E-state index < -0.39 is 36.5 Å². The summed E-state index contributed by atoms with van der Waals surface area (Å²) in [5, 5.41) is 31.2. The summed E-state index contributed by atoms with van der Waals surface area (Å²) in [5.74, 6) is -0.492. The van der Waals surface area contributed by atoms with Gasteiger partial charge in [0.05, 0.1) is 9.82 Å². The van der Waals surface area contributed by atoms with Crippen LogP contribution >= 0.6 is 11.6 Å². The van der Waals surface area contributed by atoms with Crippen LogP contribution in [0.25, 0.3) is 6.08 Å². The fraction of sp³-hybridized carbons (Fsp3) is 0.211. The van der Waals surface area contributed by atoms with Crippen LogP contribution in [0, 0.1) is 21.4 Å². The molecule has 0 amide bonds. The molecular formula is C19H17ClN2O5S. The first kappa shape index (κ1) is 21.4. The van der Waals surface area contributed by atoms with E-state index in [9.17, 15) is 28.9 Å². The number of phenols is 1. The lowest BCUT2D eigenvalue weighted by Crippen LogP contribution is -2.12. The van der Waals surface area contributed by atoms with Crippen molar-refractivity contribution in [3.8, 4) is 11.8 Å². The van der Waals surface area contributed by atoms with Gasteiger partial charge < -0.3 is 5.11 Å². The summed E-state index contributed by atoms with van der Waals surface area (Å²) in [7, 11) is -4.15. The minimum atomic E-state index is -4.15. The number of phenolic OH excluding ortho intramolecular Hbond substituents is 1. The average molecular weight is 421 g/mol. The molecule has 0 fully saturated rings. The Morgan fingerprint density at radius 1 is 1.25 bits per heavy atom. The highest BCUT2D eigenvalue weighted by atomic mass is 35.5. The molecule has 0 spiro atoms. The molecule has 0 heterocycles. The molecule has 0 aliphatic heterocycles. The number of sulfone groups is 1. The van der Waals surface area contributed by atoms with Crippen LogP contribution in [-0.2, 0) is 15.3 Å². The molecule has 146 valence electrons. The molecule has 2 aromatic carbocycles. The third-order valence-electron chi connectivity index (χ3n) is 3.94. The molecule has 0 aliphatic rings. The van der Waals surface area contributed by atoms with Crippen molar-refractivity contribution in [3.63, 3.8) is 0 Å². The molecule has 9 heteroatoms. The third-order valence-corrected chi connectivity index (χ3v) is 5.87. The lowest BCUT2D eigenvalue weighted by Gasteiger charge is -2.20. The first-order valence-electron chi connectivity index (χ1n) is 8.02. The van der Waals surface area contributed by atoms with Gasteiger partial charge >= 0.3 is 5.69 Å². The summed E-state index contributed by atoms with van der Waals surface area (Å²) in [6.07, 6.45) is 1.05. The van der Waals surface area contributed by atoms with Crippen molar-refractivity contribution in [2.45, 2.75) is 31.1 Å². The highest BCUT2D eigenvalue weighted by Crippen LogP contribution is 2.39. The maximum Gasteiger partial charge on any atom is 0.311 e. The third kappa shape index (κ3) is 4.32. The van der Waals surface area contributed by atoms with Crippen molar-refractivity contribution in [2.24, 2.45) is 0 Å². The highest BCUT2D eigenvalue weighted by molar-refractivity contribution is 7.95. The Labute approximate surface area is 167 Å². The first-order chi connectivity index (χ1) is 12.9. The minimum Gasteiger partial charge on any atom is -0.502 e. The predicted molar refractivity (Wildman–Crippen MR) is 106 cm³/mol. The number of aromatic hydroxyl groups is 1. The van der Waals surface area contributed by atoms with Crippen molar-refractivity contribution in [1.82, 2.24) is 0 Å². The van der Waals surface area contributed by atoms with Crippen LogP contribution < -0.4 is 0 Å². The van der Waals surface area contributed by atoms with Gasteiger partial charge in [-0.2, -0.15) is 5.26 Å². The van der Waals surface area contributed by atoms with E-state index in [2.05, 4.69) is 0 Å². The maximum absolute atomic E-state index is 12.7. The molecule has 1 N–H and O–H groups in total. The predicted octanol–water partition coefficient (Wildman–Crippen LogP) is 4.59. The number of allylic oxidation sites excluding steroid dienone is 1. The molecule has 28 heavy (non-hydrogen) atoms. The van der Waals surface area contributed by atoms with Gasteiger partial charge in [0.1, 0.15) is 11.0 Å². The maximum atomic E-state index is 12.7. The number of benzene rings is 2. The summed E-state index contributed by atoms with van der Waals surface area (Å²) in [4.78, 5) is 9.81. The fourth-order valence-corrected chi connectivity index (χ4v) is 3.78. The summed E-state index contributed by atoms with van der Waals surface area (Å²) in [6.45, 7) is 5.23. The Morgan fingerprint density at radius 3 is 2.29 bits per heavy atom. The standard InChI is InChI=1S/C19H17ClN2O5S/c1-19(2,3)16-9-12(10-17(18(16)23)22(24)25)8-15(11-21)28(26,27)14-6-4-13(20)5-7-14/h4-10,23H,1-3H3. The Hall–Kier alpha value is -2.89. The SMILES string of the molecule is CC(C)(C)c1cc(C=C(C#N)S(=O)(=O)c2ccc(Cl)cc2)cc([N+](=O)[O-])c1O. The second kappa shape index (κ2) is 7.62. The minimum absolute atomic E-state index is 0.114. The van der Waals surface area contributed by atoms with E-state index in [4.69, 9.17) is 11.6 Å². The van der Waals surface area contributed by atoms with Crippen LogP contribution in [0.4, 0.5) is 5.69 Å². The molecule has 7 nitrogen and oxygen atoms in total. The Balaban J connectivity index is 2.70. The Kier molecular flexibility index (Phi) is 5.83. The van der Waals surface area contributed by atoms with Crippen molar-refractivity contribution in [1.29, 1.82) is 5.26 Å². The number of nitro benzene ring substituents is 1. The lowest BCUT2D eigenvalue weighted by molar-refractivity contribution is -0.386. The molecule has 2 aromatic rings. The molecule has 0 aliphatic carbocycles. The van der Waals surface area contributed by atoms with Gasteiger partial charge in [0.15, 0.2) is 5.75 Å². The molecule has 0 atom stereocenters. The number of nitrogens with zero attached hydrogens (tertiary/aromatic N) is 2. The van der Waals surface area contributed by atoms with Gasteiger partial charge in [-0.25, -0.2) is 8.42 Å². The summed E-state index contributed by atoms with van der Waals surface area (Å²) in [5.41, 5.74) is -0.849. The van der Waals surface area contributed by atoms with Gasteiger partial charge in [-0.05, 0) is 47.4 Å². The summed E-state index contributed by atoms with van der Waals surface area (Å²) < 4.78 is 25.5. The van der Waals surface area contributed by atoms with Gasteiger partial charge in [0.25, 0.3) is 0 Å². The first-order valence-corrected chi connectivity index (χ1v) is 9.88. The van der Waals surface area contributed by atoms with Crippen LogP contribution in [0.3, 0.4) is 0 Å². The van der Waals surface area contributed by atoms with E-state index in [-0.39, 0.29) is 16.0 Å². The number of rotatable bonds is 4. The van der Waals surface area contributed by atoms with Crippen LogP contribution in [0.5, 0.6) is 5.75 Å². The van der Waals surface area contributed by atoms with Crippen LogP contribution in [0.15, 0.2) is 46.2 Å². The van der Waals surface area contributed by atoms with Crippen molar-refractivity contribution >= 4 is 33.2 Å². The Bertz CT molecular complexity index is 1110. The van der Waals surface area contributed by atoms with Gasteiger partial charge in [-0.3, -0.25) is 10.1 Å². The number of nitro groups is 1. The molecule has 0 saturated heterocycles. The van der Waals surface area contributed by atoms with E-state index in [0.29, 0.717) is 5.02 Å². The molecule has 0 bridgehead atoms. The van der Waals surface area contributed by atoms with Gasteiger partial charge in [0, 0.05) is 16.7 Å². The van der Waals surface area contributed by atoms with Crippen LogP contribution in [-0.4, -0.2) is 18.4 Å². The molecule has 0 radical (unpaired) electrons. The average Bonchev–Trinajstić information content (AvgIpc) is 2.59. The topological polar surface area (TPSA) is 121 Å². The Morgan fingerprint density at radius 2 is 1.82 bits per heavy atom. The van der Waals surface area contributed by atoms with E-state index in [1.165, 1.54) is 30.3 Å². The fourth-order valence-electron chi connectivity index (χ4n) is 2.50. The smallest absolute Gasteiger partial charge is 0.311 e. The van der Waals surface area contributed by atoms with Gasteiger partial charge in [0.2, 0.25) is 9.84 Å². The zero-order valence-corrected chi connectivity index (χ0v) is 16.9. The second-order valence-electron chi connectivity index (χ2n) is 7.02. The number of hydrogen-bond donors (Lipinski definition) is 1. The molecule has 2 rings (SSSR count). The molecule has 0 saturated carbocycles. The van der Waals surface area contributed by atoms with Crippen molar-refractivity contribution < 1.29 is 18.4 Å². The number of halogens is 1.